The summed E-state index contributed by atoms with van der Waals surface area (Å²) in [5.74, 6) is 0.646. The number of nitrogens with two attached hydrogens (primary N) is 1. The Labute approximate surface area is 105 Å². The van der Waals surface area contributed by atoms with Crippen LogP contribution in [-0.2, 0) is 0 Å². The number of aromatic nitrogens is 1. The minimum absolute atomic E-state index is 0.110. The van der Waals surface area contributed by atoms with E-state index in [4.69, 9.17) is 5.73 Å². The van der Waals surface area contributed by atoms with Crippen LogP contribution in [0.25, 0.3) is 0 Å². The van der Waals surface area contributed by atoms with Crippen LogP contribution in [0.15, 0.2) is 12.3 Å². The van der Waals surface area contributed by atoms with Gasteiger partial charge in [-0.05, 0) is 30.7 Å². The molecule has 2 unspecified atom stereocenters. The first kappa shape index (κ1) is 11.4. The van der Waals surface area contributed by atoms with Crippen molar-refractivity contribution in [3.63, 3.8) is 0 Å². The van der Waals surface area contributed by atoms with E-state index in [2.05, 4.69) is 4.98 Å². The molecule has 2 atom stereocenters. The van der Waals surface area contributed by atoms with E-state index in [9.17, 15) is 9.18 Å². The molecular weight excluding hydrogens is 233 g/mol. The lowest BCUT2D eigenvalue weighted by Crippen LogP contribution is -2.30. The van der Waals surface area contributed by atoms with Gasteiger partial charge in [0.2, 0.25) is 0 Å². The Kier molecular flexibility index (Phi) is 2.69. The summed E-state index contributed by atoms with van der Waals surface area (Å²) < 4.78 is 13.1. The third kappa shape index (κ3) is 1.83. The number of nitrogen functional groups attached to an aromatic ring is 1. The zero-order valence-corrected chi connectivity index (χ0v) is 10.1. The van der Waals surface area contributed by atoms with Crippen LogP contribution in [-0.4, -0.2) is 28.9 Å². The van der Waals surface area contributed by atoms with Crippen LogP contribution < -0.4 is 5.73 Å². The quantitative estimate of drug-likeness (QED) is 0.823. The Bertz CT molecular complexity index is 479. The summed E-state index contributed by atoms with van der Waals surface area (Å²) in [5.41, 5.74) is 5.84. The van der Waals surface area contributed by atoms with Crippen LogP contribution in [0.5, 0.6) is 0 Å². The lowest BCUT2D eigenvalue weighted by atomic mass is 10.0. The van der Waals surface area contributed by atoms with Crippen molar-refractivity contribution in [1.82, 2.24) is 9.88 Å². The fourth-order valence-corrected chi connectivity index (χ4v) is 3.19. The average Bonchev–Trinajstić information content (AvgIpc) is 2.91. The Morgan fingerprint density at radius 3 is 2.72 bits per heavy atom. The fraction of sp³-hybridized carbons (Fsp3) is 0.538. The van der Waals surface area contributed by atoms with Gasteiger partial charge in [0.15, 0.2) is 0 Å². The number of hydrogen-bond donors (Lipinski definition) is 1. The molecule has 1 saturated carbocycles. The first-order valence-corrected chi connectivity index (χ1v) is 6.35. The molecule has 2 N–H and O–H groups in total. The average molecular weight is 249 g/mol. The second-order valence-electron chi connectivity index (χ2n) is 5.25. The van der Waals surface area contributed by atoms with Gasteiger partial charge in [-0.25, -0.2) is 9.37 Å². The second-order valence-corrected chi connectivity index (χ2v) is 5.25. The Hall–Kier alpha value is -1.65. The van der Waals surface area contributed by atoms with E-state index in [1.54, 1.807) is 4.90 Å². The lowest BCUT2D eigenvalue weighted by Gasteiger charge is -2.18. The summed E-state index contributed by atoms with van der Waals surface area (Å²) >= 11 is 0. The normalized spacial score (nSPS) is 26.4. The molecule has 1 aliphatic carbocycles. The predicted octanol–water partition coefficient (Wildman–Crippen LogP) is 1.68. The van der Waals surface area contributed by atoms with Gasteiger partial charge in [0, 0.05) is 13.1 Å². The van der Waals surface area contributed by atoms with Gasteiger partial charge in [-0.3, -0.25) is 4.79 Å². The van der Waals surface area contributed by atoms with E-state index in [1.165, 1.54) is 25.3 Å². The van der Waals surface area contributed by atoms with Crippen molar-refractivity contribution in [2.75, 3.05) is 18.8 Å². The number of carbonyl (C=O) groups excluding carboxylic acids is 1. The molecule has 5 heteroatoms. The highest BCUT2D eigenvalue weighted by Crippen LogP contribution is 2.38. The standard InChI is InChI=1S/C13H16FN3O/c14-10-4-11(12(15)16-5-10)13(18)17-6-8-2-1-3-9(8)7-17/h4-5,8-9H,1-3,6-7H2,(H2,15,16). The first-order chi connectivity index (χ1) is 8.65. The van der Waals surface area contributed by atoms with E-state index in [0.29, 0.717) is 11.8 Å². The minimum atomic E-state index is -0.521. The van der Waals surface area contributed by atoms with Gasteiger partial charge in [0.25, 0.3) is 5.91 Å². The number of likely N-dealkylation sites (tertiary alicyclic amines) is 1. The largest absolute Gasteiger partial charge is 0.383 e. The molecule has 0 radical (unpaired) electrons. The third-order valence-corrected chi connectivity index (χ3v) is 4.13. The summed E-state index contributed by atoms with van der Waals surface area (Å²) in [6, 6.07) is 1.18. The Morgan fingerprint density at radius 2 is 2.06 bits per heavy atom. The summed E-state index contributed by atoms with van der Waals surface area (Å²) in [7, 11) is 0. The highest BCUT2D eigenvalue weighted by atomic mass is 19.1. The molecule has 3 rings (SSSR count). The molecule has 18 heavy (non-hydrogen) atoms. The molecule has 4 nitrogen and oxygen atoms in total. The molecule has 96 valence electrons. The maximum absolute atomic E-state index is 13.1. The molecule has 1 aromatic rings. The number of amides is 1. The lowest BCUT2D eigenvalue weighted by molar-refractivity contribution is 0.0781. The number of carbonyl (C=O) groups is 1. The summed E-state index contributed by atoms with van der Waals surface area (Å²) in [4.78, 5) is 17.8. The van der Waals surface area contributed by atoms with E-state index in [1.807, 2.05) is 0 Å². The number of halogens is 1. The molecule has 0 spiro atoms. The van der Waals surface area contributed by atoms with Crippen LogP contribution in [0.2, 0.25) is 0 Å². The molecule has 0 bridgehead atoms. The third-order valence-electron chi connectivity index (χ3n) is 4.13. The number of anilines is 1. The number of fused-ring (bicyclic) bond motifs is 1. The minimum Gasteiger partial charge on any atom is -0.383 e. The van der Waals surface area contributed by atoms with Gasteiger partial charge < -0.3 is 10.6 Å². The van der Waals surface area contributed by atoms with Crippen molar-refractivity contribution >= 4 is 11.7 Å². The molecule has 2 fully saturated rings. The van der Waals surface area contributed by atoms with E-state index < -0.39 is 5.82 Å². The van der Waals surface area contributed by atoms with Gasteiger partial charge in [0.1, 0.15) is 11.6 Å². The highest BCUT2D eigenvalue weighted by Gasteiger charge is 2.38. The molecular formula is C13H16FN3O. The maximum Gasteiger partial charge on any atom is 0.257 e. The monoisotopic (exact) mass is 249 g/mol. The number of pyridine rings is 1. The van der Waals surface area contributed by atoms with Crippen molar-refractivity contribution in [2.45, 2.75) is 19.3 Å². The molecule has 2 heterocycles. The smallest absolute Gasteiger partial charge is 0.257 e. The van der Waals surface area contributed by atoms with Crippen molar-refractivity contribution < 1.29 is 9.18 Å². The first-order valence-electron chi connectivity index (χ1n) is 6.35. The molecule has 2 aliphatic rings. The zero-order chi connectivity index (χ0) is 12.7. The van der Waals surface area contributed by atoms with Crippen LogP contribution in [0.1, 0.15) is 29.6 Å². The molecule has 0 aromatic carbocycles. The van der Waals surface area contributed by atoms with Crippen LogP contribution >= 0.6 is 0 Å². The zero-order valence-electron chi connectivity index (χ0n) is 10.1. The Balaban J connectivity index is 1.81. The number of hydrogen-bond acceptors (Lipinski definition) is 3. The van der Waals surface area contributed by atoms with E-state index in [0.717, 1.165) is 19.3 Å². The van der Waals surface area contributed by atoms with E-state index >= 15 is 0 Å². The molecule has 1 amide bonds. The van der Waals surface area contributed by atoms with Crippen LogP contribution in [0.4, 0.5) is 10.2 Å². The van der Waals surface area contributed by atoms with Gasteiger partial charge in [-0.2, -0.15) is 0 Å². The maximum atomic E-state index is 13.1. The summed E-state index contributed by atoms with van der Waals surface area (Å²) in [6.45, 7) is 1.55. The number of rotatable bonds is 1. The second kappa shape index (κ2) is 4.23. The van der Waals surface area contributed by atoms with E-state index in [-0.39, 0.29) is 17.3 Å². The SMILES string of the molecule is Nc1ncc(F)cc1C(=O)N1CC2CCCC2C1. The molecule has 1 aromatic heterocycles. The highest BCUT2D eigenvalue weighted by molar-refractivity contribution is 5.98. The Morgan fingerprint density at radius 1 is 1.39 bits per heavy atom. The van der Waals surface area contributed by atoms with Crippen molar-refractivity contribution in [1.29, 1.82) is 0 Å². The van der Waals surface area contributed by atoms with Crippen molar-refractivity contribution in [3.8, 4) is 0 Å². The molecule has 1 saturated heterocycles. The molecule has 1 aliphatic heterocycles. The summed E-state index contributed by atoms with van der Waals surface area (Å²) in [6.07, 6.45) is 4.70. The fourth-order valence-electron chi connectivity index (χ4n) is 3.19. The van der Waals surface area contributed by atoms with Gasteiger partial charge >= 0.3 is 0 Å². The summed E-state index contributed by atoms with van der Waals surface area (Å²) in [5, 5.41) is 0. The number of nitrogens with zero attached hydrogens (tertiary/aromatic N) is 2. The predicted molar refractivity (Wildman–Crippen MR) is 65.3 cm³/mol. The van der Waals surface area contributed by atoms with Crippen molar-refractivity contribution in [3.05, 3.63) is 23.6 Å². The van der Waals surface area contributed by atoms with Crippen LogP contribution in [0, 0.1) is 17.7 Å². The van der Waals surface area contributed by atoms with Gasteiger partial charge in [0.05, 0.1) is 11.8 Å². The van der Waals surface area contributed by atoms with Gasteiger partial charge in [-0.15, -0.1) is 0 Å². The topological polar surface area (TPSA) is 59.2 Å². The van der Waals surface area contributed by atoms with Crippen LogP contribution in [0.3, 0.4) is 0 Å². The van der Waals surface area contributed by atoms with Gasteiger partial charge in [-0.1, -0.05) is 6.42 Å². The van der Waals surface area contributed by atoms with Crippen molar-refractivity contribution in [2.24, 2.45) is 11.8 Å².